The molecule has 1 rings (SSSR count). The molecular weight excluding hydrogens is 262 g/mol. The minimum Gasteiger partial charge on any atom is -0.480 e. The van der Waals surface area contributed by atoms with E-state index in [4.69, 9.17) is 10.8 Å². The van der Waals surface area contributed by atoms with Crippen LogP contribution in [-0.2, 0) is 9.59 Å². The predicted molar refractivity (Wildman–Crippen MR) is 73.0 cm³/mol. The summed E-state index contributed by atoms with van der Waals surface area (Å²) < 4.78 is 0. The molecule has 0 bridgehead atoms. The lowest BCUT2D eigenvalue weighted by Crippen LogP contribution is -2.54. The summed E-state index contributed by atoms with van der Waals surface area (Å²) in [4.78, 5) is 33.6. The third-order valence-electron chi connectivity index (χ3n) is 3.66. The first-order valence-electron chi connectivity index (χ1n) is 6.92. The van der Waals surface area contributed by atoms with Gasteiger partial charge in [0.1, 0.15) is 6.04 Å². The van der Waals surface area contributed by atoms with Crippen LogP contribution in [0.4, 0.5) is 4.79 Å². The molecule has 1 atom stereocenters. The molecule has 114 valence electrons. The fourth-order valence-electron chi connectivity index (χ4n) is 2.47. The van der Waals surface area contributed by atoms with Crippen molar-refractivity contribution in [3.8, 4) is 0 Å². The number of nitrogens with two attached hydrogens (primary N) is 1. The van der Waals surface area contributed by atoms with Gasteiger partial charge in [0, 0.05) is 12.0 Å². The summed E-state index contributed by atoms with van der Waals surface area (Å²) in [7, 11) is 0. The van der Waals surface area contributed by atoms with E-state index in [1.165, 1.54) is 0 Å². The molecule has 1 aliphatic rings. The summed E-state index contributed by atoms with van der Waals surface area (Å²) in [5.74, 6) is -1.76. The van der Waals surface area contributed by atoms with Gasteiger partial charge in [-0.3, -0.25) is 4.79 Å². The third kappa shape index (κ3) is 5.46. The minimum absolute atomic E-state index is 0.00516. The smallest absolute Gasteiger partial charge is 0.326 e. The molecule has 20 heavy (non-hydrogen) atoms. The van der Waals surface area contributed by atoms with Gasteiger partial charge in [0.25, 0.3) is 0 Å². The number of carbonyl (C=O) groups excluding carboxylic acids is 2. The zero-order valence-electron chi connectivity index (χ0n) is 11.8. The van der Waals surface area contributed by atoms with Crippen LogP contribution in [0, 0.1) is 0 Å². The summed E-state index contributed by atoms with van der Waals surface area (Å²) in [5, 5.41) is 14.2. The van der Waals surface area contributed by atoms with Crippen LogP contribution in [0.25, 0.3) is 0 Å². The van der Waals surface area contributed by atoms with E-state index >= 15 is 0 Å². The average Bonchev–Trinajstić information content (AvgIpc) is 2.34. The topological polar surface area (TPSA) is 122 Å². The minimum atomic E-state index is -1.17. The van der Waals surface area contributed by atoms with Gasteiger partial charge in [-0.05, 0) is 26.2 Å². The average molecular weight is 285 g/mol. The molecule has 0 aromatic rings. The Balaban J connectivity index is 2.48. The Morgan fingerprint density at radius 2 is 1.85 bits per heavy atom. The first-order valence-corrected chi connectivity index (χ1v) is 6.92. The van der Waals surface area contributed by atoms with E-state index in [0.717, 1.165) is 32.1 Å². The fraction of sp³-hybridized carbons (Fsp3) is 0.769. The number of hydrogen-bond acceptors (Lipinski definition) is 3. The first kappa shape index (κ1) is 16.3. The number of aliphatic carboxylic acids is 1. The van der Waals surface area contributed by atoms with Crippen molar-refractivity contribution < 1.29 is 19.5 Å². The molecule has 5 N–H and O–H groups in total. The summed E-state index contributed by atoms with van der Waals surface area (Å²) >= 11 is 0. The standard InChI is InChI=1S/C13H23N3O4/c1-13(7-3-2-4-8-13)16-12(20)15-9(11(18)19)5-6-10(14)17/h9H,2-8H2,1H3,(H2,14,17)(H,18,19)(H2,15,16,20)/t9-/m1/s1. The van der Waals surface area contributed by atoms with Crippen LogP contribution < -0.4 is 16.4 Å². The highest BCUT2D eigenvalue weighted by atomic mass is 16.4. The van der Waals surface area contributed by atoms with Gasteiger partial charge >= 0.3 is 12.0 Å². The van der Waals surface area contributed by atoms with E-state index in [2.05, 4.69) is 10.6 Å². The number of nitrogens with one attached hydrogen (secondary N) is 2. The molecular formula is C13H23N3O4. The van der Waals surface area contributed by atoms with E-state index in [-0.39, 0.29) is 18.4 Å². The zero-order chi connectivity index (χ0) is 15.2. The Hall–Kier alpha value is -1.79. The maximum absolute atomic E-state index is 11.9. The molecule has 7 nitrogen and oxygen atoms in total. The molecule has 0 radical (unpaired) electrons. The van der Waals surface area contributed by atoms with Crippen LogP contribution >= 0.6 is 0 Å². The van der Waals surface area contributed by atoms with Gasteiger partial charge in [0.15, 0.2) is 0 Å². The second-order valence-corrected chi connectivity index (χ2v) is 5.62. The van der Waals surface area contributed by atoms with Gasteiger partial charge in [-0.2, -0.15) is 0 Å². The maximum Gasteiger partial charge on any atom is 0.326 e. The molecule has 0 aromatic carbocycles. The predicted octanol–water partition coefficient (Wildman–Crippen LogP) is 0.727. The van der Waals surface area contributed by atoms with Crippen molar-refractivity contribution in [3.05, 3.63) is 0 Å². The molecule has 0 aliphatic heterocycles. The summed E-state index contributed by atoms with van der Waals surface area (Å²) in [6.07, 6.45) is 4.97. The number of amides is 3. The van der Waals surface area contributed by atoms with Crippen LogP contribution in [-0.4, -0.2) is 34.6 Å². The van der Waals surface area contributed by atoms with Crippen LogP contribution in [0.1, 0.15) is 51.9 Å². The highest BCUT2D eigenvalue weighted by Crippen LogP contribution is 2.27. The van der Waals surface area contributed by atoms with Crippen molar-refractivity contribution in [1.82, 2.24) is 10.6 Å². The van der Waals surface area contributed by atoms with E-state index in [9.17, 15) is 14.4 Å². The van der Waals surface area contributed by atoms with Crippen molar-refractivity contribution >= 4 is 17.9 Å². The van der Waals surface area contributed by atoms with Crippen molar-refractivity contribution in [2.45, 2.75) is 63.5 Å². The summed E-state index contributed by atoms with van der Waals surface area (Å²) in [6.45, 7) is 1.96. The number of primary amides is 1. The number of carboxylic acid groups (broad SMARTS) is 1. The van der Waals surface area contributed by atoms with Crippen molar-refractivity contribution in [2.75, 3.05) is 0 Å². The Bertz CT molecular complexity index is 378. The number of carbonyl (C=O) groups is 3. The lowest BCUT2D eigenvalue weighted by molar-refractivity contribution is -0.139. The summed E-state index contributed by atoms with van der Waals surface area (Å²) in [5.41, 5.74) is 4.70. The van der Waals surface area contributed by atoms with Gasteiger partial charge in [0.05, 0.1) is 0 Å². The van der Waals surface area contributed by atoms with Gasteiger partial charge < -0.3 is 21.5 Å². The lowest BCUT2D eigenvalue weighted by atomic mass is 9.83. The van der Waals surface area contributed by atoms with Crippen LogP contribution in [0.5, 0.6) is 0 Å². The van der Waals surface area contributed by atoms with E-state index < -0.39 is 23.9 Å². The molecule has 7 heteroatoms. The van der Waals surface area contributed by atoms with Gasteiger partial charge in [0.2, 0.25) is 5.91 Å². The second-order valence-electron chi connectivity index (χ2n) is 5.62. The number of urea groups is 1. The first-order chi connectivity index (χ1) is 9.32. The fourth-order valence-corrected chi connectivity index (χ4v) is 2.47. The van der Waals surface area contributed by atoms with E-state index in [0.29, 0.717) is 0 Å². The third-order valence-corrected chi connectivity index (χ3v) is 3.66. The Labute approximate surface area is 118 Å². The van der Waals surface area contributed by atoms with Crippen LogP contribution in [0.3, 0.4) is 0 Å². The quantitative estimate of drug-likeness (QED) is 0.574. The zero-order valence-corrected chi connectivity index (χ0v) is 11.8. The van der Waals surface area contributed by atoms with Crippen molar-refractivity contribution in [3.63, 3.8) is 0 Å². The van der Waals surface area contributed by atoms with Crippen molar-refractivity contribution in [2.24, 2.45) is 5.73 Å². The molecule has 0 aromatic heterocycles. The number of carboxylic acids is 1. The molecule has 0 heterocycles. The number of rotatable bonds is 6. The summed E-state index contributed by atoms with van der Waals surface area (Å²) in [6, 6.07) is -1.61. The second kappa shape index (κ2) is 7.12. The highest BCUT2D eigenvalue weighted by molar-refractivity contribution is 5.83. The molecule has 0 saturated heterocycles. The number of hydrogen-bond donors (Lipinski definition) is 4. The van der Waals surface area contributed by atoms with Gasteiger partial charge in [-0.1, -0.05) is 19.3 Å². The van der Waals surface area contributed by atoms with Gasteiger partial charge in [-0.25, -0.2) is 9.59 Å². The normalized spacial score (nSPS) is 18.9. The Morgan fingerprint density at radius 3 is 2.35 bits per heavy atom. The van der Waals surface area contributed by atoms with Crippen LogP contribution in [0.2, 0.25) is 0 Å². The Morgan fingerprint density at radius 1 is 1.25 bits per heavy atom. The van der Waals surface area contributed by atoms with Crippen molar-refractivity contribution in [1.29, 1.82) is 0 Å². The molecule has 3 amide bonds. The molecule has 1 aliphatic carbocycles. The van der Waals surface area contributed by atoms with Crippen LogP contribution in [0.15, 0.2) is 0 Å². The molecule has 0 unspecified atom stereocenters. The molecule has 0 spiro atoms. The monoisotopic (exact) mass is 285 g/mol. The van der Waals surface area contributed by atoms with E-state index in [1.54, 1.807) is 0 Å². The van der Waals surface area contributed by atoms with Gasteiger partial charge in [-0.15, -0.1) is 0 Å². The lowest BCUT2D eigenvalue weighted by Gasteiger charge is -2.34. The SMILES string of the molecule is CC1(NC(=O)N[C@H](CCC(N)=O)C(=O)O)CCCCC1. The Kier molecular flexibility index (Phi) is 5.79. The molecule has 1 fully saturated rings. The largest absolute Gasteiger partial charge is 0.480 e. The maximum atomic E-state index is 11.9. The molecule has 1 saturated carbocycles. The highest BCUT2D eigenvalue weighted by Gasteiger charge is 2.30. The van der Waals surface area contributed by atoms with E-state index in [1.807, 2.05) is 6.92 Å².